The smallest absolute Gasteiger partial charge is 0.0541 e. The second-order valence-corrected chi connectivity index (χ2v) is 17.7. The summed E-state index contributed by atoms with van der Waals surface area (Å²) in [6.07, 6.45) is 0. The van der Waals surface area contributed by atoms with Crippen LogP contribution in [0.25, 0.3) is 122 Å². The summed E-state index contributed by atoms with van der Waals surface area (Å²) in [5.41, 5.74) is 21.4. The summed E-state index contributed by atoms with van der Waals surface area (Å²) < 4.78 is 4.87. The first-order valence-corrected chi connectivity index (χ1v) is 23.4. The average Bonchev–Trinajstić information content (AvgIpc) is 3.94. The fourth-order valence-electron chi connectivity index (χ4n) is 10.4. The van der Waals surface area contributed by atoms with E-state index >= 15 is 0 Å². The van der Waals surface area contributed by atoms with Gasteiger partial charge >= 0.3 is 0 Å². The van der Waals surface area contributed by atoms with Gasteiger partial charge in [-0.2, -0.15) is 0 Å². The van der Waals surface area contributed by atoms with Crippen molar-refractivity contribution in [1.29, 1.82) is 0 Å². The fourth-order valence-corrected chi connectivity index (χ4v) is 10.4. The van der Waals surface area contributed by atoms with Crippen LogP contribution in [0.2, 0.25) is 0 Å². The standard InChI is InChI=1S/C66H44N2/c1-4-17-45(18-5-1)48-23-14-25-50(37-48)52-27-16-28-57(40-52)67-63-31-12-10-29-59(63)61-43-53(33-35-65(61)67)54-34-36-66-62(44-54)60-30-11-13-32-64(60)68(66)58-41-55(47-21-8-3-9-22-47)39-56(42-58)51-26-15-24-49(38-51)46-19-6-2-7-20-46/h1-44H. The molecule has 318 valence electrons. The van der Waals surface area contributed by atoms with Crippen molar-refractivity contribution in [3.05, 3.63) is 267 Å². The van der Waals surface area contributed by atoms with Crippen LogP contribution >= 0.6 is 0 Å². The van der Waals surface area contributed by atoms with Crippen molar-refractivity contribution in [1.82, 2.24) is 9.13 Å². The Morgan fingerprint density at radius 2 is 0.471 bits per heavy atom. The molecule has 13 aromatic rings. The molecule has 0 atom stereocenters. The number of para-hydroxylation sites is 2. The van der Waals surface area contributed by atoms with Crippen LogP contribution in [-0.2, 0) is 0 Å². The van der Waals surface area contributed by atoms with Crippen LogP contribution < -0.4 is 0 Å². The summed E-state index contributed by atoms with van der Waals surface area (Å²) in [4.78, 5) is 0. The maximum Gasteiger partial charge on any atom is 0.0541 e. The maximum absolute atomic E-state index is 2.45. The molecule has 0 aliphatic carbocycles. The first kappa shape index (κ1) is 39.4. The highest BCUT2D eigenvalue weighted by atomic mass is 15.0. The van der Waals surface area contributed by atoms with E-state index in [9.17, 15) is 0 Å². The van der Waals surface area contributed by atoms with E-state index in [4.69, 9.17) is 0 Å². The van der Waals surface area contributed by atoms with E-state index < -0.39 is 0 Å². The average molecular weight is 865 g/mol. The number of benzene rings is 11. The quantitative estimate of drug-likeness (QED) is 0.144. The highest BCUT2D eigenvalue weighted by Gasteiger charge is 2.18. The highest BCUT2D eigenvalue weighted by Crippen LogP contribution is 2.41. The third-order valence-corrected chi connectivity index (χ3v) is 13.7. The second kappa shape index (κ2) is 16.5. The minimum atomic E-state index is 1.13. The van der Waals surface area contributed by atoms with E-state index in [2.05, 4.69) is 276 Å². The molecule has 0 bridgehead atoms. The molecule has 0 N–H and O–H groups in total. The zero-order valence-electron chi connectivity index (χ0n) is 37.3. The Bertz CT molecular complexity index is 4010. The largest absolute Gasteiger partial charge is 0.309 e. The van der Waals surface area contributed by atoms with E-state index in [1.54, 1.807) is 0 Å². The van der Waals surface area contributed by atoms with Crippen molar-refractivity contribution >= 4 is 43.6 Å². The first-order valence-electron chi connectivity index (χ1n) is 23.4. The summed E-state index contributed by atoms with van der Waals surface area (Å²) in [6.45, 7) is 0. The molecule has 0 unspecified atom stereocenters. The Morgan fingerprint density at radius 3 is 0.985 bits per heavy atom. The SMILES string of the molecule is c1ccc(-c2cccc(-c3cccc(-n4c5ccccc5c5cc(-c6ccc7c(c6)c6ccccc6n7-c6cc(-c7ccccc7)cc(-c7cccc(-c8ccccc8)c7)c6)ccc54)c3)c2)cc1. The molecule has 0 saturated heterocycles. The van der Waals surface area contributed by atoms with Crippen molar-refractivity contribution in [2.24, 2.45) is 0 Å². The van der Waals surface area contributed by atoms with Crippen LogP contribution in [0, 0.1) is 0 Å². The third kappa shape index (κ3) is 6.90. The molecule has 2 aromatic heterocycles. The van der Waals surface area contributed by atoms with Crippen LogP contribution in [0.15, 0.2) is 267 Å². The summed E-state index contributed by atoms with van der Waals surface area (Å²) in [5.74, 6) is 0. The zero-order chi connectivity index (χ0) is 45.0. The lowest BCUT2D eigenvalue weighted by atomic mass is 9.95. The number of hydrogen-bond donors (Lipinski definition) is 0. The fraction of sp³-hybridized carbons (Fsp3) is 0. The van der Waals surface area contributed by atoms with Crippen molar-refractivity contribution in [3.8, 4) is 78.1 Å². The number of fused-ring (bicyclic) bond motifs is 6. The summed E-state index contributed by atoms with van der Waals surface area (Å²) in [5, 5.41) is 4.93. The van der Waals surface area contributed by atoms with Crippen LogP contribution in [0.5, 0.6) is 0 Å². The number of rotatable bonds is 8. The molecule has 2 nitrogen and oxygen atoms in total. The van der Waals surface area contributed by atoms with Gasteiger partial charge in [0.25, 0.3) is 0 Å². The number of hydrogen-bond acceptors (Lipinski definition) is 0. The summed E-state index contributed by atoms with van der Waals surface area (Å²) >= 11 is 0. The summed E-state index contributed by atoms with van der Waals surface area (Å²) in [6, 6.07) is 97.5. The van der Waals surface area contributed by atoms with Crippen molar-refractivity contribution in [2.75, 3.05) is 0 Å². The molecule has 13 rings (SSSR count). The van der Waals surface area contributed by atoms with Gasteiger partial charge in [0.15, 0.2) is 0 Å². The molecule has 0 saturated carbocycles. The van der Waals surface area contributed by atoms with Crippen LogP contribution in [0.4, 0.5) is 0 Å². The molecule has 11 aromatic carbocycles. The van der Waals surface area contributed by atoms with E-state index in [1.807, 2.05) is 0 Å². The predicted molar refractivity (Wildman–Crippen MR) is 288 cm³/mol. The van der Waals surface area contributed by atoms with Gasteiger partial charge in [-0.05, 0) is 146 Å². The molecule has 0 fully saturated rings. The lowest BCUT2D eigenvalue weighted by Gasteiger charge is -2.15. The predicted octanol–water partition coefficient (Wildman–Crippen LogP) is 17.9. The van der Waals surface area contributed by atoms with Gasteiger partial charge in [0.2, 0.25) is 0 Å². The Balaban J connectivity index is 0.926. The van der Waals surface area contributed by atoms with Crippen molar-refractivity contribution < 1.29 is 0 Å². The van der Waals surface area contributed by atoms with Crippen LogP contribution in [0.1, 0.15) is 0 Å². The number of aromatic nitrogens is 2. The van der Waals surface area contributed by atoms with Gasteiger partial charge in [0.1, 0.15) is 0 Å². The monoisotopic (exact) mass is 864 g/mol. The van der Waals surface area contributed by atoms with E-state index in [-0.39, 0.29) is 0 Å². The molecule has 0 aliphatic heterocycles. The lowest BCUT2D eigenvalue weighted by molar-refractivity contribution is 1.18. The third-order valence-electron chi connectivity index (χ3n) is 13.7. The molecular formula is C66H44N2. The molecule has 0 radical (unpaired) electrons. The maximum atomic E-state index is 2.45. The van der Waals surface area contributed by atoms with Gasteiger partial charge < -0.3 is 9.13 Å². The molecule has 2 heterocycles. The number of nitrogens with zero attached hydrogens (tertiary/aromatic N) is 2. The van der Waals surface area contributed by atoms with Gasteiger partial charge in [0, 0.05) is 32.9 Å². The van der Waals surface area contributed by atoms with E-state index in [0.29, 0.717) is 0 Å². The van der Waals surface area contributed by atoms with Gasteiger partial charge in [-0.25, -0.2) is 0 Å². The zero-order valence-corrected chi connectivity index (χ0v) is 37.3. The minimum Gasteiger partial charge on any atom is -0.309 e. The molecule has 0 spiro atoms. The normalized spacial score (nSPS) is 11.5. The Morgan fingerprint density at radius 1 is 0.162 bits per heavy atom. The molecule has 0 amide bonds. The van der Waals surface area contributed by atoms with Crippen molar-refractivity contribution in [2.45, 2.75) is 0 Å². The lowest BCUT2D eigenvalue weighted by Crippen LogP contribution is -1.96. The summed E-state index contributed by atoms with van der Waals surface area (Å²) in [7, 11) is 0. The van der Waals surface area contributed by atoms with Gasteiger partial charge in [0.05, 0.1) is 22.1 Å². The Labute approximate surface area is 395 Å². The molecule has 2 heteroatoms. The highest BCUT2D eigenvalue weighted by molar-refractivity contribution is 6.13. The van der Waals surface area contributed by atoms with Crippen molar-refractivity contribution in [3.63, 3.8) is 0 Å². The Hall–Kier alpha value is -8.98. The van der Waals surface area contributed by atoms with Gasteiger partial charge in [-0.1, -0.05) is 188 Å². The van der Waals surface area contributed by atoms with Crippen LogP contribution in [-0.4, -0.2) is 9.13 Å². The molecular weight excluding hydrogens is 821 g/mol. The second-order valence-electron chi connectivity index (χ2n) is 17.7. The first-order chi connectivity index (χ1) is 33.7. The van der Waals surface area contributed by atoms with Gasteiger partial charge in [-0.15, -0.1) is 0 Å². The van der Waals surface area contributed by atoms with E-state index in [1.165, 1.54) is 110 Å². The van der Waals surface area contributed by atoms with E-state index in [0.717, 1.165) is 11.4 Å². The van der Waals surface area contributed by atoms with Gasteiger partial charge in [-0.3, -0.25) is 0 Å². The van der Waals surface area contributed by atoms with Crippen LogP contribution in [0.3, 0.4) is 0 Å². The molecule has 0 aliphatic rings. The Kier molecular flexibility index (Phi) is 9.54. The molecule has 68 heavy (non-hydrogen) atoms. The topological polar surface area (TPSA) is 9.86 Å². The minimum absolute atomic E-state index is 1.13.